The van der Waals surface area contributed by atoms with Crippen LogP contribution in [0.5, 0.6) is 0 Å². The maximum absolute atomic E-state index is 11.5. The average Bonchev–Trinajstić information content (AvgIpc) is 2.80. The van der Waals surface area contributed by atoms with E-state index in [4.69, 9.17) is 9.52 Å². The predicted octanol–water partition coefficient (Wildman–Crippen LogP) is 1.86. The van der Waals surface area contributed by atoms with Crippen molar-refractivity contribution in [2.45, 2.75) is 38.3 Å². The Bertz CT molecular complexity index is 738. The average molecular weight is 304 g/mol. The molecule has 6 heteroatoms. The molecule has 1 fully saturated rings. The highest BCUT2D eigenvalue weighted by Crippen LogP contribution is 2.24. The number of benzene rings is 1. The Morgan fingerprint density at radius 3 is 2.77 bits per heavy atom. The zero-order chi connectivity index (χ0) is 15.7. The van der Waals surface area contributed by atoms with Crippen molar-refractivity contribution >= 4 is 17.1 Å². The smallest absolute Gasteiger partial charge is 0.419 e. The molecule has 1 aliphatic rings. The summed E-state index contributed by atoms with van der Waals surface area (Å²) in [6.07, 6.45) is 3.25. The molecule has 22 heavy (non-hydrogen) atoms. The van der Waals surface area contributed by atoms with Crippen LogP contribution in [0.25, 0.3) is 11.1 Å². The van der Waals surface area contributed by atoms with Gasteiger partial charge >= 0.3 is 11.7 Å². The topological polar surface area (TPSA) is 84.5 Å². The first kappa shape index (κ1) is 14.8. The third kappa shape index (κ3) is 2.92. The molecule has 2 aromatic rings. The van der Waals surface area contributed by atoms with Crippen molar-refractivity contribution in [1.82, 2.24) is 9.88 Å². The van der Waals surface area contributed by atoms with E-state index in [2.05, 4.69) is 5.32 Å². The van der Waals surface area contributed by atoms with E-state index in [9.17, 15) is 9.59 Å². The summed E-state index contributed by atoms with van der Waals surface area (Å²) in [6, 6.07) is 6.10. The molecule has 0 amide bonds. The standard InChI is InChI=1S/C16H20N2O4/c1-18-13-7-2-10(8-14(13)22-16(18)21)9-17-12-5-3-11(4-6-12)15(19)20/h2,7-8,11-12,17H,3-6,9H2,1H3,(H,19,20)/t11-,12-. The molecule has 6 nitrogen and oxygen atoms in total. The molecule has 0 radical (unpaired) electrons. The van der Waals surface area contributed by atoms with Gasteiger partial charge in [-0.2, -0.15) is 0 Å². The molecule has 1 aliphatic carbocycles. The van der Waals surface area contributed by atoms with Crippen LogP contribution in [-0.2, 0) is 18.4 Å². The highest BCUT2D eigenvalue weighted by atomic mass is 16.4. The van der Waals surface area contributed by atoms with Crippen LogP contribution in [0.3, 0.4) is 0 Å². The van der Waals surface area contributed by atoms with Gasteiger partial charge in [-0.3, -0.25) is 9.36 Å². The molecular formula is C16H20N2O4. The van der Waals surface area contributed by atoms with E-state index in [-0.39, 0.29) is 11.7 Å². The van der Waals surface area contributed by atoms with Gasteiger partial charge in [-0.05, 0) is 43.4 Å². The quantitative estimate of drug-likeness (QED) is 0.900. The third-order valence-corrected chi connectivity index (χ3v) is 4.53. The second-order valence-electron chi connectivity index (χ2n) is 6.00. The van der Waals surface area contributed by atoms with Gasteiger partial charge in [0.1, 0.15) is 0 Å². The molecule has 0 spiro atoms. The maximum Gasteiger partial charge on any atom is 0.419 e. The minimum atomic E-state index is -0.678. The van der Waals surface area contributed by atoms with Crippen molar-refractivity contribution in [3.63, 3.8) is 0 Å². The number of aliphatic carboxylic acids is 1. The highest BCUT2D eigenvalue weighted by molar-refractivity contribution is 5.73. The number of carbonyl (C=O) groups is 1. The van der Waals surface area contributed by atoms with Crippen LogP contribution in [0.1, 0.15) is 31.2 Å². The van der Waals surface area contributed by atoms with Crippen molar-refractivity contribution in [3.8, 4) is 0 Å². The Balaban J connectivity index is 1.60. The maximum atomic E-state index is 11.5. The van der Waals surface area contributed by atoms with Gasteiger partial charge in [0.15, 0.2) is 5.58 Å². The second-order valence-corrected chi connectivity index (χ2v) is 6.00. The molecule has 0 unspecified atom stereocenters. The number of fused-ring (bicyclic) bond motifs is 1. The van der Waals surface area contributed by atoms with E-state index in [1.165, 1.54) is 4.57 Å². The van der Waals surface area contributed by atoms with Gasteiger partial charge in [0.05, 0.1) is 11.4 Å². The molecular weight excluding hydrogens is 284 g/mol. The number of rotatable bonds is 4. The monoisotopic (exact) mass is 304 g/mol. The Labute approximate surface area is 127 Å². The lowest BCUT2D eigenvalue weighted by Gasteiger charge is -2.27. The SMILES string of the molecule is Cn1c(=O)oc2cc(CN[C@H]3CC[C@H](C(=O)O)CC3)ccc21. The molecule has 3 rings (SSSR count). The van der Waals surface area contributed by atoms with E-state index in [0.29, 0.717) is 18.2 Å². The van der Waals surface area contributed by atoms with Crippen molar-refractivity contribution in [2.75, 3.05) is 0 Å². The molecule has 1 aromatic heterocycles. The summed E-state index contributed by atoms with van der Waals surface area (Å²) in [5.74, 6) is -1.22. The molecule has 1 saturated carbocycles. The highest BCUT2D eigenvalue weighted by Gasteiger charge is 2.25. The third-order valence-electron chi connectivity index (χ3n) is 4.53. The summed E-state index contributed by atoms with van der Waals surface area (Å²) in [7, 11) is 1.69. The molecule has 0 bridgehead atoms. The first-order valence-electron chi connectivity index (χ1n) is 7.59. The van der Waals surface area contributed by atoms with E-state index in [0.717, 1.165) is 36.8 Å². The molecule has 2 N–H and O–H groups in total. The van der Waals surface area contributed by atoms with Gasteiger partial charge < -0.3 is 14.8 Å². The zero-order valence-corrected chi connectivity index (χ0v) is 12.5. The van der Waals surface area contributed by atoms with Crippen LogP contribution in [0.2, 0.25) is 0 Å². The van der Waals surface area contributed by atoms with E-state index in [1.807, 2.05) is 18.2 Å². The van der Waals surface area contributed by atoms with Crippen LogP contribution >= 0.6 is 0 Å². The van der Waals surface area contributed by atoms with E-state index >= 15 is 0 Å². The molecule has 118 valence electrons. The van der Waals surface area contributed by atoms with Gasteiger partial charge in [0.2, 0.25) is 0 Å². The lowest BCUT2D eigenvalue weighted by molar-refractivity contribution is -0.142. The lowest BCUT2D eigenvalue weighted by Crippen LogP contribution is -2.34. The molecule has 0 aliphatic heterocycles. The number of carboxylic acid groups (broad SMARTS) is 1. The fourth-order valence-corrected chi connectivity index (χ4v) is 3.09. The number of hydrogen-bond donors (Lipinski definition) is 2. The van der Waals surface area contributed by atoms with E-state index < -0.39 is 5.97 Å². The summed E-state index contributed by atoms with van der Waals surface area (Å²) < 4.78 is 6.67. The minimum Gasteiger partial charge on any atom is -0.481 e. The summed E-state index contributed by atoms with van der Waals surface area (Å²) in [5, 5.41) is 12.5. The molecule has 0 saturated heterocycles. The first-order valence-corrected chi connectivity index (χ1v) is 7.59. The van der Waals surface area contributed by atoms with Gasteiger partial charge in [0, 0.05) is 19.6 Å². The fourth-order valence-electron chi connectivity index (χ4n) is 3.09. The number of oxazole rings is 1. The molecule has 1 heterocycles. The first-order chi connectivity index (χ1) is 10.5. The Morgan fingerprint density at radius 1 is 1.36 bits per heavy atom. The van der Waals surface area contributed by atoms with Crippen LogP contribution in [0.4, 0.5) is 0 Å². The van der Waals surface area contributed by atoms with Crippen molar-refractivity contribution in [3.05, 3.63) is 34.3 Å². The number of aromatic nitrogens is 1. The Hall–Kier alpha value is -2.08. The van der Waals surface area contributed by atoms with Crippen LogP contribution in [-0.4, -0.2) is 21.7 Å². The summed E-state index contributed by atoms with van der Waals surface area (Å²) >= 11 is 0. The van der Waals surface area contributed by atoms with Crippen molar-refractivity contribution in [1.29, 1.82) is 0 Å². The van der Waals surface area contributed by atoms with Crippen LogP contribution in [0, 0.1) is 5.92 Å². The van der Waals surface area contributed by atoms with Gasteiger partial charge in [0.25, 0.3) is 0 Å². The van der Waals surface area contributed by atoms with Crippen LogP contribution in [0.15, 0.2) is 27.4 Å². The minimum absolute atomic E-state index is 0.187. The number of aryl methyl sites for hydroxylation is 1. The molecule has 0 atom stereocenters. The van der Waals surface area contributed by atoms with Gasteiger partial charge in [-0.15, -0.1) is 0 Å². The number of nitrogens with zero attached hydrogens (tertiary/aromatic N) is 1. The van der Waals surface area contributed by atoms with Gasteiger partial charge in [-0.25, -0.2) is 4.79 Å². The fraction of sp³-hybridized carbons (Fsp3) is 0.500. The summed E-state index contributed by atoms with van der Waals surface area (Å²) in [4.78, 5) is 22.4. The number of carboxylic acids is 1. The summed E-state index contributed by atoms with van der Waals surface area (Å²) in [6.45, 7) is 0.691. The predicted molar refractivity (Wildman–Crippen MR) is 81.7 cm³/mol. The Morgan fingerprint density at radius 2 is 2.09 bits per heavy atom. The number of hydrogen-bond acceptors (Lipinski definition) is 4. The second kappa shape index (κ2) is 5.96. The van der Waals surface area contributed by atoms with E-state index in [1.54, 1.807) is 7.05 Å². The number of nitrogens with one attached hydrogen (secondary N) is 1. The lowest BCUT2D eigenvalue weighted by atomic mass is 9.86. The Kier molecular flexibility index (Phi) is 4.02. The summed E-state index contributed by atoms with van der Waals surface area (Å²) in [5.41, 5.74) is 2.44. The van der Waals surface area contributed by atoms with Gasteiger partial charge in [-0.1, -0.05) is 6.07 Å². The van der Waals surface area contributed by atoms with Crippen molar-refractivity contribution in [2.24, 2.45) is 13.0 Å². The van der Waals surface area contributed by atoms with Crippen molar-refractivity contribution < 1.29 is 14.3 Å². The zero-order valence-electron chi connectivity index (χ0n) is 12.5. The largest absolute Gasteiger partial charge is 0.481 e. The normalized spacial score (nSPS) is 22.0. The molecule has 1 aromatic carbocycles. The van der Waals surface area contributed by atoms with Crippen LogP contribution < -0.4 is 11.1 Å².